The molecule has 2 bridgehead atoms. The Balaban J connectivity index is 1.68. The van der Waals surface area contributed by atoms with E-state index in [1.54, 1.807) is 6.26 Å². The van der Waals surface area contributed by atoms with Crippen molar-refractivity contribution < 1.29 is 9.15 Å². The van der Waals surface area contributed by atoms with Gasteiger partial charge in [-0.25, -0.2) is 0 Å². The van der Waals surface area contributed by atoms with Gasteiger partial charge in [0.15, 0.2) is 0 Å². The summed E-state index contributed by atoms with van der Waals surface area (Å²) in [5.74, 6) is 1.06. The highest BCUT2D eigenvalue weighted by atomic mass is 16.5. The lowest BCUT2D eigenvalue weighted by molar-refractivity contribution is 0.0248. The maximum absolute atomic E-state index is 5.53. The Bertz CT molecular complexity index is 283. The highest BCUT2D eigenvalue weighted by molar-refractivity contribution is 5.01. The topological polar surface area (TPSA) is 25.6 Å². The molecule has 0 aliphatic carbocycles. The van der Waals surface area contributed by atoms with Crippen LogP contribution in [-0.2, 0) is 11.3 Å². The summed E-state index contributed by atoms with van der Waals surface area (Å²) in [4.78, 5) is 2.45. The number of likely N-dealkylation sites (tertiary alicyclic amines) is 1. The van der Waals surface area contributed by atoms with E-state index in [2.05, 4.69) is 4.90 Å². The predicted octanol–water partition coefficient (Wildman–Crippen LogP) is 1.25. The average Bonchev–Trinajstić information content (AvgIpc) is 2.77. The fraction of sp³-hybridized carbons (Fsp3) is 0.600. The molecule has 0 spiro atoms. The normalized spacial score (nSPS) is 32.9. The Labute approximate surface area is 77.3 Å². The number of furan rings is 1. The van der Waals surface area contributed by atoms with E-state index in [1.807, 2.05) is 12.1 Å². The number of nitrogens with zero attached hydrogens (tertiary/aromatic N) is 1. The molecule has 1 aromatic rings. The smallest absolute Gasteiger partial charge is 0.117 e. The van der Waals surface area contributed by atoms with E-state index in [0.29, 0.717) is 12.1 Å². The van der Waals surface area contributed by atoms with E-state index in [9.17, 15) is 0 Å². The van der Waals surface area contributed by atoms with E-state index >= 15 is 0 Å². The maximum atomic E-state index is 5.53. The van der Waals surface area contributed by atoms with E-state index in [0.717, 1.165) is 25.5 Å². The van der Waals surface area contributed by atoms with Gasteiger partial charge < -0.3 is 9.15 Å². The van der Waals surface area contributed by atoms with E-state index in [4.69, 9.17) is 9.15 Å². The van der Waals surface area contributed by atoms with Crippen LogP contribution in [0.25, 0.3) is 0 Å². The van der Waals surface area contributed by atoms with Crippen molar-refractivity contribution in [2.45, 2.75) is 25.1 Å². The summed E-state index contributed by atoms with van der Waals surface area (Å²) in [6.07, 6.45) is 3.43. The molecule has 3 rings (SSSR count). The van der Waals surface area contributed by atoms with Crippen LogP contribution < -0.4 is 0 Å². The Kier molecular flexibility index (Phi) is 1.67. The largest absolute Gasteiger partial charge is 0.468 e. The first kappa shape index (κ1) is 7.59. The van der Waals surface area contributed by atoms with Crippen LogP contribution in [0, 0.1) is 0 Å². The van der Waals surface area contributed by atoms with E-state index in [1.165, 1.54) is 6.42 Å². The molecule has 0 saturated carbocycles. The van der Waals surface area contributed by atoms with Crippen LogP contribution in [0.4, 0.5) is 0 Å². The van der Waals surface area contributed by atoms with Crippen LogP contribution >= 0.6 is 0 Å². The van der Waals surface area contributed by atoms with Crippen molar-refractivity contribution >= 4 is 0 Å². The highest BCUT2D eigenvalue weighted by Crippen LogP contribution is 2.28. The summed E-state index contributed by atoms with van der Waals surface area (Å²) in [5.41, 5.74) is 0. The lowest BCUT2D eigenvalue weighted by Crippen LogP contribution is -2.36. The van der Waals surface area contributed by atoms with E-state index in [-0.39, 0.29) is 0 Å². The Morgan fingerprint density at radius 1 is 1.54 bits per heavy atom. The molecule has 1 aromatic heterocycles. The Morgan fingerprint density at radius 2 is 2.54 bits per heavy atom. The number of rotatable bonds is 2. The van der Waals surface area contributed by atoms with Crippen molar-refractivity contribution in [3.63, 3.8) is 0 Å². The summed E-state index contributed by atoms with van der Waals surface area (Å²) in [6.45, 7) is 2.92. The van der Waals surface area contributed by atoms with Crippen molar-refractivity contribution in [3.05, 3.63) is 24.2 Å². The molecule has 2 unspecified atom stereocenters. The van der Waals surface area contributed by atoms with Gasteiger partial charge in [-0.05, 0) is 18.6 Å². The minimum absolute atomic E-state index is 0.486. The minimum atomic E-state index is 0.486. The average molecular weight is 179 g/mol. The van der Waals surface area contributed by atoms with Crippen molar-refractivity contribution in [1.82, 2.24) is 4.90 Å². The molecular weight excluding hydrogens is 166 g/mol. The summed E-state index contributed by atoms with van der Waals surface area (Å²) in [6, 6.07) is 4.61. The second-order valence-electron chi connectivity index (χ2n) is 3.85. The zero-order chi connectivity index (χ0) is 8.67. The van der Waals surface area contributed by atoms with Gasteiger partial charge in [0.1, 0.15) is 5.76 Å². The van der Waals surface area contributed by atoms with Gasteiger partial charge in [0, 0.05) is 12.6 Å². The summed E-state index contributed by atoms with van der Waals surface area (Å²) < 4.78 is 10.8. The summed E-state index contributed by atoms with van der Waals surface area (Å²) >= 11 is 0. The molecule has 2 atom stereocenters. The molecule has 13 heavy (non-hydrogen) atoms. The third-order valence-electron chi connectivity index (χ3n) is 2.95. The molecule has 0 N–H and O–H groups in total. The third kappa shape index (κ3) is 1.28. The van der Waals surface area contributed by atoms with Crippen LogP contribution in [0.2, 0.25) is 0 Å². The molecule has 2 aliphatic rings. The van der Waals surface area contributed by atoms with Gasteiger partial charge in [-0.3, -0.25) is 4.90 Å². The summed E-state index contributed by atoms with van der Waals surface area (Å²) in [5, 5.41) is 0. The first-order valence-electron chi connectivity index (χ1n) is 4.80. The molecule has 3 heteroatoms. The van der Waals surface area contributed by atoms with Gasteiger partial charge in [0.2, 0.25) is 0 Å². The Hall–Kier alpha value is -0.800. The van der Waals surface area contributed by atoms with Crippen molar-refractivity contribution in [2.75, 3.05) is 13.2 Å². The second kappa shape index (κ2) is 2.86. The van der Waals surface area contributed by atoms with Crippen LogP contribution in [0.5, 0.6) is 0 Å². The van der Waals surface area contributed by atoms with Gasteiger partial charge >= 0.3 is 0 Å². The number of hydrogen-bond acceptors (Lipinski definition) is 3. The van der Waals surface area contributed by atoms with Crippen LogP contribution in [0.3, 0.4) is 0 Å². The lowest BCUT2D eigenvalue weighted by Gasteiger charge is -2.25. The first-order chi connectivity index (χ1) is 6.42. The molecule has 70 valence electrons. The molecule has 2 saturated heterocycles. The number of morpholine rings is 1. The van der Waals surface area contributed by atoms with Gasteiger partial charge in [-0.2, -0.15) is 0 Å². The molecular formula is C10H13NO2. The molecule has 0 amide bonds. The second-order valence-corrected chi connectivity index (χ2v) is 3.85. The van der Waals surface area contributed by atoms with Gasteiger partial charge in [-0.1, -0.05) is 0 Å². The van der Waals surface area contributed by atoms with E-state index < -0.39 is 0 Å². The van der Waals surface area contributed by atoms with Crippen molar-refractivity contribution in [3.8, 4) is 0 Å². The molecule has 3 nitrogen and oxygen atoms in total. The van der Waals surface area contributed by atoms with Crippen LogP contribution in [0.15, 0.2) is 22.8 Å². The number of fused-ring (bicyclic) bond motifs is 2. The van der Waals surface area contributed by atoms with Gasteiger partial charge in [-0.15, -0.1) is 0 Å². The zero-order valence-electron chi connectivity index (χ0n) is 7.48. The monoisotopic (exact) mass is 179 g/mol. The van der Waals surface area contributed by atoms with Crippen molar-refractivity contribution in [1.29, 1.82) is 0 Å². The third-order valence-corrected chi connectivity index (χ3v) is 2.95. The lowest BCUT2D eigenvalue weighted by atomic mass is 10.2. The molecule has 2 aliphatic heterocycles. The minimum Gasteiger partial charge on any atom is -0.468 e. The van der Waals surface area contributed by atoms with Crippen LogP contribution in [-0.4, -0.2) is 30.2 Å². The highest BCUT2D eigenvalue weighted by Gasteiger charge is 2.38. The quantitative estimate of drug-likeness (QED) is 0.683. The van der Waals surface area contributed by atoms with Crippen molar-refractivity contribution in [2.24, 2.45) is 0 Å². The van der Waals surface area contributed by atoms with Gasteiger partial charge in [0.05, 0.1) is 25.5 Å². The van der Waals surface area contributed by atoms with Crippen LogP contribution in [0.1, 0.15) is 12.2 Å². The molecule has 0 radical (unpaired) electrons. The standard InChI is InChI=1S/C10H13NO2/c1-2-9(12-3-1)5-11-6-10-4-8(11)7-13-10/h1-3,8,10H,4-7H2. The molecule has 2 fully saturated rings. The molecule has 3 heterocycles. The SMILES string of the molecule is c1coc(CN2CC3CC2CO3)c1. The Morgan fingerprint density at radius 3 is 3.15 bits per heavy atom. The van der Waals surface area contributed by atoms with Gasteiger partial charge in [0.25, 0.3) is 0 Å². The first-order valence-corrected chi connectivity index (χ1v) is 4.80. The maximum Gasteiger partial charge on any atom is 0.117 e. The fourth-order valence-electron chi connectivity index (χ4n) is 2.28. The number of hydrogen-bond donors (Lipinski definition) is 0. The molecule has 0 aromatic carbocycles. The summed E-state index contributed by atoms with van der Waals surface area (Å²) in [7, 11) is 0. The zero-order valence-corrected chi connectivity index (χ0v) is 7.48. The predicted molar refractivity (Wildman–Crippen MR) is 47.3 cm³/mol. The fourth-order valence-corrected chi connectivity index (χ4v) is 2.28. The number of ether oxygens (including phenoxy) is 1.